The topological polar surface area (TPSA) is 75.7 Å². The van der Waals surface area contributed by atoms with E-state index in [1.165, 1.54) is 47.8 Å². The van der Waals surface area contributed by atoms with E-state index in [1.54, 1.807) is 18.2 Å². The lowest BCUT2D eigenvalue weighted by molar-refractivity contribution is -0.111. The summed E-state index contributed by atoms with van der Waals surface area (Å²) in [6.45, 7) is 0.993. The number of halogens is 1. The Morgan fingerprint density at radius 2 is 1.73 bits per heavy atom. The molecule has 1 saturated heterocycles. The van der Waals surface area contributed by atoms with Gasteiger partial charge in [0.05, 0.1) is 17.7 Å². The van der Waals surface area contributed by atoms with Crippen molar-refractivity contribution in [3.8, 4) is 5.75 Å². The molecule has 3 rings (SSSR count). The van der Waals surface area contributed by atoms with Crippen LogP contribution in [-0.2, 0) is 14.8 Å². The Hall–Kier alpha value is -2.71. The quantitative estimate of drug-likeness (QED) is 0.699. The molecule has 0 saturated carbocycles. The molecule has 2 aromatic rings. The number of nitrogens with zero attached hydrogens (tertiary/aromatic N) is 1. The van der Waals surface area contributed by atoms with Gasteiger partial charge < -0.3 is 10.1 Å². The second kappa shape index (κ2) is 9.86. The fraction of sp³-hybridized carbons (Fsp3) is 0.318. The van der Waals surface area contributed by atoms with Gasteiger partial charge in [-0.1, -0.05) is 25.0 Å². The molecule has 0 aliphatic carbocycles. The van der Waals surface area contributed by atoms with Gasteiger partial charge >= 0.3 is 0 Å². The van der Waals surface area contributed by atoms with Crippen LogP contribution < -0.4 is 10.1 Å². The molecule has 1 fully saturated rings. The van der Waals surface area contributed by atoms with Gasteiger partial charge in [0, 0.05) is 19.2 Å². The first kappa shape index (κ1) is 22.0. The Labute approximate surface area is 176 Å². The first-order valence-corrected chi connectivity index (χ1v) is 11.3. The van der Waals surface area contributed by atoms with E-state index in [1.807, 2.05) is 0 Å². The molecule has 0 spiro atoms. The van der Waals surface area contributed by atoms with Crippen LogP contribution in [0.3, 0.4) is 0 Å². The number of anilines is 1. The molecule has 6 nitrogen and oxygen atoms in total. The summed E-state index contributed by atoms with van der Waals surface area (Å²) >= 11 is 0. The normalized spacial score (nSPS) is 15.7. The summed E-state index contributed by atoms with van der Waals surface area (Å²) in [5.74, 6) is -0.459. The Morgan fingerprint density at radius 3 is 2.37 bits per heavy atom. The Kier molecular flexibility index (Phi) is 7.23. The van der Waals surface area contributed by atoms with Gasteiger partial charge in [-0.05, 0) is 54.8 Å². The Bertz CT molecular complexity index is 1010. The number of benzene rings is 2. The number of nitrogens with one attached hydrogen (secondary N) is 1. The van der Waals surface area contributed by atoms with Crippen LogP contribution in [0.2, 0.25) is 0 Å². The number of rotatable bonds is 6. The third-order valence-corrected chi connectivity index (χ3v) is 6.82. The van der Waals surface area contributed by atoms with Gasteiger partial charge in [-0.15, -0.1) is 0 Å². The molecule has 2 aromatic carbocycles. The van der Waals surface area contributed by atoms with Crippen molar-refractivity contribution in [3.63, 3.8) is 0 Å². The smallest absolute Gasteiger partial charge is 0.248 e. The predicted molar refractivity (Wildman–Crippen MR) is 114 cm³/mol. The molecule has 1 aliphatic rings. The standard InChI is InChI=1S/C22H25FN2O4S/c1-29-21-12-11-19(30(27,28)25-14-4-2-3-5-15-25)16-20(21)24-22(26)13-8-17-6-9-18(23)10-7-17/h6-13,16H,2-5,14-15H2,1H3,(H,24,26). The molecule has 0 atom stereocenters. The molecule has 1 heterocycles. The van der Waals surface area contributed by atoms with Gasteiger partial charge in [-0.2, -0.15) is 4.31 Å². The molecular formula is C22H25FN2O4S. The van der Waals surface area contributed by atoms with E-state index in [9.17, 15) is 17.6 Å². The van der Waals surface area contributed by atoms with E-state index >= 15 is 0 Å². The van der Waals surface area contributed by atoms with Crippen molar-refractivity contribution in [2.24, 2.45) is 0 Å². The molecule has 0 bridgehead atoms. The average Bonchev–Trinajstić information content (AvgIpc) is 3.03. The number of hydrogen-bond acceptors (Lipinski definition) is 4. The summed E-state index contributed by atoms with van der Waals surface area (Å²) in [6, 6.07) is 10.1. The molecule has 0 radical (unpaired) electrons. The van der Waals surface area contributed by atoms with E-state index in [-0.39, 0.29) is 16.4 Å². The number of amides is 1. The molecule has 30 heavy (non-hydrogen) atoms. The SMILES string of the molecule is COc1ccc(S(=O)(=O)N2CCCCCC2)cc1NC(=O)C=Cc1ccc(F)cc1. The number of carbonyl (C=O) groups excluding carboxylic acids is 1. The lowest BCUT2D eigenvalue weighted by Gasteiger charge is -2.20. The molecule has 1 amide bonds. The van der Waals surface area contributed by atoms with Crippen LogP contribution >= 0.6 is 0 Å². The highest BCUT2D eigenvalue weighted by molar-refractivity contribution is 7.89. The number of ether oxygens (including phenoxy) is 1. The van der Waals surface area contributed by atoms with Crippen molar-refractivity contribution >= 4 is 27.7 Å². The minimum atomic E-state index is -3.66. The summed E-state index contributed by atoms with van der Waals surface area (Å²) in [4.78, 5) is 12.5. The van der Waals surface area contributed by atoms with Crippen molar-refractivity contribution in [2.45, 2.75) is 30.6 Å². The van der Waals surface area contributed by atoms with Crippen LogP contribution in [-0.4, -0.2) is 38.8 Å². The maximum absolute atomic E-state index is 13.0. The second-order valence-corrected chi connectivity index (χ2v) is 8.99. The van der Waals surface area contributed by atoms with Crippen LogP contribution in [0.4, 0.5) is 10.1 Å². The number of carbonyl (C=O) groups is 1. The molecule has 0 aromatic heterocycles. The molecule has 1 N–H and O–H groups in total. The number of sulfonamides is 1. The minimum absolute atomic E-state index is 0.114. The zero-order chi connectivity index (χ0) is 21.6. The highest BCUT2D eigenvalue weighted by Crippen LogP contribution is 2.30. The van der Waals surface area contributed by atoms with Gasteiger partial charge in [0.25, 0.3) is 0 Å². The Morgan fingerprint density at radius 1 is 1.07 bits per heavy atom. The zero-order valence-corrected chi connectivity index (χ0v) is 17.6. The van der Waals surface area contributed by atoms with Crippen LogP contribution in [0, 0.1) is 5.82 Å². The molecule has 8 heteroatoms. The summed E-state index contributed by atoms with van der Waals surface area (Å²) in [6.07, 6.45) is 6.56. The maximum atomic E-state index is 13.0. The van der Waals surface area contributed by atoms with Crippen LogP contribution in [0.25, 0.3) is 6.08 Å². The monoisotopic (exact) mass is 432 g/mol. The van der Waals surface area contributed by atoms with Crippen LogP contribution in [0.5, 0.6) is 5.75 Å². The van der Waals surface area contributed by atoms with Crippen molar-refractivity contribution in [1.29, 1.82) is 0 Å². The van der Waals surface area contributed by atoms with Gasteiger partial charge in [0.1, 0.15) is 11.6 Å². The van der Waals surface area contributed by atoms with Crippen molar-refractivity contribution in [1.82, 2.24) is 4.31 Å². The first-order chi connectivity index (χ1) is 14.4. The van der Waals surface area contributed by atoms with Gasteiger partial charge in [0.2, 0.25) is 15.9 Å². The average molecular weight is 433 g/mol. The van der Waals surface area contributed by atoms with Crippen molar-refractivity contribution < 1.29 is 22.3 Å². The summed E-state index contributed by atoms with van der Waals surface area (Å²) in [5.41, 5.74) is 0.929. The van der Waals surface area contributed by atoms with E-state index in [0.29, 0.717) is 24.4 Å². The third-order valence-electron chi connectivity index (χ3n) is 4.93. The molecule has 1 aliphatic heterocycles. The van der Waals surface area contributed by atoms with Gasteiger partial charge in [0.15, 0.2) is 0 Å². The minimum Gasteiger partial charge on any atom is -0.495 e. The number of methoxy groups -OCH3 is 1. The van der Waals surface area contributed by atoms with E-state index < -0.39 is 15.9 Å². The van der Waals surface area contributed by atoms with E-state index in [4.69, 9.17) is 4.74 Å². The zero-order valence-electron chi connectivity index (χ0n) is 16.8. The molecule has 0 unspecified atom stereocenters. The summed E-state index contributed by atoms with van der Waals surface area (Å²) in [7, 11) is -2.21. The highest BCUT2D eigenvalue weighted by atomic mass is 32.2. The fourth-order valence-electron chi connectivity index (χ4n) is 3.30. The summed E-state index contributed by atoms with van der Waals surface area (Å²) < 4.78 is 45.8. The lowest BCUT2D eigenvalue weighted by Crippen LogP contribution is -2.32. The largest absolute Gasteiger partial charge is 0.495 e. The highest BCUT2D eigenvalue weighted by Gasteiger charge is 2.26. The summed E-state index contributed by atoms with van der Waals surface area (Å²) in [5, 5.41) is 2.66. The molecular weight excluding hydrogens is 407 g/mol. The lowest BCUT2D eigenvalue weighted by atomic mass is 10.2. The van der Waals surface area contributed by atoms with Crippen molar-refractivity contribution in [2.75, 3.05) is 25.5 Å². The van der Waals surface area contributed by atoms with Crippen LogP contribution in [0.1, 0.15) is 31.2 Å². The second-order valence-electron chi connectivity index (χ2n) is 7.05. The van der Waals surface area contributed by atoms with Crippen LogP contribution in [0.15, 0.2) is 53.4 Å². The molecule has 160 valence electrons. The van der Waals surface area contributed by atoms with Gasteiger partial charge in [-0.25, -0.2) is 12.8 Å². The third kappa shape index (κ3) is 5.46. The van der Waals surface area contributed by atoms with E-state index in [0.717, 1.165) is 25.7 Å². The maximum Gasteiger partial charge on any atom is 0.248 e. The Balaban J connectivity index is 1.80. The first-order valence-electron chi connectivity index (χ1n) is 9.83. The fourth-order valence-corrected chi connectivity index (χ4v) is 4.84. The van der Waals surface area contributed by atoms with Crippen molar-refractivity contribution in [3.05, 3.63) is 59.9 Å². The number of hydrogen-bond donors (Lipinski definition) is 1. The predicted octanol–water partition coefficient (Wildman–Crippen LogP) is 4.05. The van der Waals surface area contributed by atoms with Gasteiger partial charge in [-0.3, -0.25) is 4.79 Å². The van der Waals surface area contributed by atoms with E-state index in [2.05, 4.69) is 5.32 Å².